The quantitative estimate of drug-likeness (QED) is 0.423. The van der Waals surface area contributed by atoms with Crippen LogP contribution in [0.5, 0.6) is 0 Å². The molecule has 7 heteroatoms. The first-order valence-corrected chi connectivity index (χ1v) is 10.8. The minimum atomic E-state index is -0.660. The molecule has 0 spiro atoms. The predicted octanol–water partition coefficient (Wildman–Crippen LogP) is 3.48. The van der Waals surface area contributed by atoms with Crippen molar-refractivity contribution in [2.24, 2.45) is 0 Å². The Balaban J connectivity index is 1.64. The number of aliphatic hydroxyl groups is 1. The van der Waals surface area contributed by atoms with E-state index in [-0.39, 0.29) is 11.3 Å². The number of morpholine rings is 1. The predicted molar refractivity (Wildman–Crippen MR) is 119 cm³/mol. The van der Waals surface area contributed by atoms with Gasteiger partial charge in [0.25, 0.3) is 11.7 Å². The minimum Gasteiger partial charge on any atom is -0.507 e. The van der Waals surface area contributed by atoms with E-state index in [1.807, 2.05) is 30.3 Å². The van der Waals surface area contributed by atoms with Gasteiger partial charge in [-0.3, -0.25) is 14.5 Å². The zero-order valence-electron chi connectivity index (χ0n) is 17.2. The Labute approximate surface area is 186 Å². The van der Waals surface area contributed by atoms with E-state index in [4.69, 9.17) is 16.3 Å². The van der Waals surface area contributed by atoms with Crippen LogP contribution in [0.3, 0.4) is 0 Å². The first-order chi connectivity index (χ1) is 15.1. The number of ketones is 1. The number of carbonyl (C=O) groups excluding carboxylic acids is 2. The Morgan fingerprint density at radius 1 is 1.00 bits per heavy atom. The van der Waals surface area contributed by atoms with Crippen molar-refractivity contribution in [2.75, 3.05) is 39.4 Å². The van der Waals surface area contributed by atoms with Gasteiger partial charge >= 0.3 is 0 Å². The van der Waals surface area contributed by atoms with Gasteiger partial charge in [-0.1, -0.05) is 41.9 Å². The number of Topliss-reactive ketones (excluding diaryl/α,β-unsaturated/α-hetero) is 1. The monoisotopic (exact) mass is 440 g/mol. The summed E-state index contributed by atoms with van der Waals surface area (Å²) in [5.74, 6) is -1.42. The maximum absolute atomic E-state index is 13.0. The largest absolute Gasteiger partial charge is 0.507 e. The van der Waals surface area contributed by atoms with Gasteiger partial charge in [-0.2, -0.15) is 0 Å². The lowest BCUT2D eigenvalue weighted by Crippen LogP contribution is -2.38. The Kier molecular flexibility index (Phi) is 6.70. The molecule has 1 unspecified atom stereocenters. The van der Waals surface area contributed by atoms with Crippen LogP contribution in [-0.4, -0.2) is 66.0 Å². The van der Waals surface area contributed by atoms with E-state index in [0.29, 0.717) is 17.1 Å². The van der Waals surface area contributed by atoms with Gasteiger partial charge in [-0.15, -0.1) is 0 Å². The summed E-state index contributed by atoms with van der Waals surface area (Å²) < 4.78 is 5.38. The molecule has 0 aliphatic carbocycles. The molecule has 2 aliphatic heterocycles. The second-order valence-corrected chi connectivity index (χ2v) is 8.15. The Morgan fingerprint density at radius 2 is 1.68 bits per heavy atom. The number of rotatable bonds is 6. The number of hydrogen-bond acceptors (Lipinski definition) is 5. The second kappa shape index (κ2) is 9.64. The van der Waals surface area contributed by atoms with Gasteiger partial charge in [0.05, 0.1) is 24.8 Å². The average Bonchev–Trinajstić information content (AvgIpc) is 3.05. The Hall–Kier alpha value is -2.67. The van der Waals surface area contributed by atoms with Crippen LogP contribution in [-0.2, 0) is 14.3 Å². The molecule has 162 valence electrons. The summed E-state index contributed by atoms with van der Waals surface area (Å²) in [5, 5.41) is 11.5. The lowest BCUT2D eigenvalue weighted by atomic mass is 9.95. The average molecular weight is 441 g/mol. The highest BCUT2D eigenvalue weighted by Gasteiger charge is 2.45. The first kappa shape index (κ1) is 21.6. The van der Waals surface area contributed by atoms with Gasteiger partial charge in [0.2, 0.25) is 0 Å². The van der Waals surface area contributed by atoms with E-state index in [0.717, 1.165) is 44.8 Å². The minimum absolute atomic E-state index is 0.116. The molecular weight excluding hydrogens is 416 g/mol. The molecule has 6 nitrogen and oxygen atoms in total. The van der Waals surface area contributed by atoms with Crippen molar-refractivity contribution in [1.29, 1.82) is 0 Å². The third-order valence-electron chi connectivity index (χ3n) is 5.75. The van der Waals surface area contributed by atoms with Gasteiger partial charge in [0, 0.05) is 36.8 Å². The number of aliphatic hydroxyl groups excluding tert-OH is 1. The highest BCUT2D eigenvalue weighted by molar-refractivity contribution is 6.46. The topological polar surface area (TPSA) is 70.1 Å². The number of ether oxygens (including phenoxy) is 1. The number of amides is 1. The molecule has 31 heavy (non-hydrogen) atoms. The number of nitrogens with zero attached hydrogens (tertiary/aromatic N) is 2. The zero-order valence-corrected chi connectivity index (χ0v) is 17.9. The molecule has 0 radical (unpaired) electrons. The van der Waals surface area contributed by atoms with Crippen molar-refractivity contribution in [1.82, 2.24) is 9.80 Å². The van der Waals surface area contributed by atoms with Crippen molar-refractivity contribution in [3.8, 4) is 0 Å². The summed E-state index contributed by atoms with van der Waals surface area (Å²) in [5.41, 5.74) is 1.37. The van der Waals surface area contributed by atoms with Crippen LogP contribution in [0.2, 0.25) is 5.02 Å². The zero-order chi connectivity index (χ0) is 21.8. The van der Waals surface area contributed by atoms with Crippen molar-refractivity contribution < 1.29 is 19.4 Å². The van der Waals surface area contributed by atoms with E-state index in [1.54, 1.807) is 29.2 Å². The van der Waals surface area contributed by atoms with Gasteiger partial charge in [0.15, 0.2) is 0 Å². The lowest BCUT2D eigenvalue weighted by molar-refractivity contribution is -0.140. The standard InChI is InChI=1S/C24H25ClN2O4/c25-19-9-7-18(8-10-19)22(28)20-21(17-5-2-1-3-6-17)27(24(30)23(20)29)12-4-11-26-13-15-31-16-14-26/h1-3,5-10,21,28H,4,11-16H2/b22-20-. The molecule has 2 fully saturated rings. The molecule has 1 amide bonds. The summed E-state index contributed by atoms with van der Waals surface area (Å²) in [6, 6.07) is 15.3. The normalized spacial score (nSPS) is 21.6. The second-order valence-electron chi connectivity index (χ2n) is 7.72. The summed E-state index contributed by atoms with van der Waals surface area (Å²) in [6.07, 6.45) is 0.733. The lowest BCUT2D eigenvalue weighted by Gasteiger charge is -2.29. The molecular formula is C24H25ClN2O4. The summed E-state index contributed by atoms with van der Waals surface area (Å²) in [4.78, 5) is 29.8. The molecule has 2 aromatic carbocycles. The van der Waals surface area contributed by atoms with Crippen LogP contribution in [0, 0.1) is 0 Å². The Bertz CT molecular complexity index is 969. The van der Waals surface area contributed by atoms with Crippen molar-refractivity contribution in [3.05, 3.63) is 76.3 Å². The van der Waals surface area contributed by atoms with Gasteiger partial charge in [0.1, 0.15) is 5.76 Å². The van der Waals surface area contributed by atoms with Crippen molar-refractivity contribution >= 4 is 29.1 Å². The molecule has 2 aromatic rings. The van der Waals surface area contributed by atoms with Gasteiger partial charge in [-0.05, 0) is 36.2 Å². The summed E-state index contributed by atoms with van der Waals surface area (Å²) >= 11 is 5.96. The number of benzene rings is 2. The highest BCUT2D eigenvalue weighted by Crippen LogP contribution is 2.39. The van der Waals surface area contributed by atoms with Crippen LogP contribution in [0.15, 0.2) is 60.2 Å². The van der Waals surface area contributed by atoms with Crippen LogP contribution in [0.4, 0.5) is 0 Å². The molecule has 2 aliphatic rings. The van der Waals surface area contributed by atoms with Crippen LogP contribution in [0.25, 0.3) is 5.76 Å². The maximum Gasteiger partial charge on any atom is 0.295 e. The smallest absolute Gasteiger partial charge is 0.295 e. The van der Waals surface area contributed by atoms with Crippen LogP contribution >= 0.6 is 11.6 Å². The fourth-order valence-corrected chi connectivity index (χ4v) is 4.27. The first-order valence-electron chi connectivity index (χ1n) is 10.5. The fraction of sp³-hybridized carbons (Fsp3) is 0.333. The molecule has 0 bridgehead atoms. The van der Waals surface area contributed by atoms with E-state index >= 15 is 0 Å². The van der Waals surface area contributed by atoms with Gasteiger partial charge in [-0.25, -0.2) is 0 Å². The maximum atomic E-state index is 13.0. The summed E-state index contributed by atoms with van der Waals surface area (Å²) in [7, 11) is 0. The van der Waals surface area contributed by atoms with E-state index in [9.17, 15) is 14.7 Å². The molecule has 2 heterocycles. The molecule has 0 aromatic heterocycles. The Morgan fingerprint density at radius 3 is 2.35 bits per heavy atom. The third-order valence-corrected chi connectivity index (χ3v) is 6.00. The third kappa shape index (κ3) is 4.66. The summed E-state index contributed by atoms with van der Waals surface area (Å²) in [6.45, 7) is 4.43. The molecule has 1 N–H and O–H groups in total. The highest BCUT2D eigenvalue weighted by atomic mass is 35.5. The van der Waals surface area contributed by atoms with E-state index < -0.39 is 17.7 Å². The number of carbonyl (C=O) groups is 2. The fourth-order valence-electron chi connectivity index (χ4n) is 4.15. The number of halogens is 1. The van der Waals surface area contributed by atoms with E-state index in [2.05, 4.69) is 4.90 Å². The van der Waals surface area contributed by atoms with E-state index in [1.165, 1.54) is 0 Å². The van der Waals surface area contributed by atoms with Crippen molar-refractivity contribution in [3.63, 3.8) is 0 Å². The molecule has 1 atom stereocenters. The molecule has 4 rings (SSSR count). The number of likely N-dealkylation sites (tertiary alicyclic amines) is 1. The van der Waals surface area contributed by atoms with Crippen molar-refractivity contribution in [2.45, 2.75) is 12.5 Å². The van der Waals surface area contributed by atoms with Crippen LogP contribution in [0.1, 0.15) is 23.6 Å². The number of hydrogen-bond donors (Lipinski definition) is 1. The van der Waals surface area contributed by atoms with Gasteiger partial charge < -0.3 is 14.7 Å². The van der Waals surface area contributed by atoms with Crippen LogP contribution < -0.4 is 0 Å². The molecule has 0 saturated carbocycles. The molecule has 2 saturated heterocycles. The SMILES string of the molecule is O=C1C(=O)N(CCCN2CCOCC2)C(c2ccccc2)/C1=C(/O)c1ccc(Cl)cc1.